The summed E-state index contributed by atoms with van der Waals surface area (Å²) in [5.74, 6) is 0. The highest BCUT2D eigenvalue weighted by Crippen LogP contribution is 2.36. The Hall–Kier alpha value is 0.137. The zero-order chi connectivity index (χ0) is 14.2. The molecule has 0 aliphatic heterocycles. The quantitative estimate of drug-likeness (QED) is 0.486. The molecule has 0 rings (SSSR count). The van der Waals surface area contributed by atoms with Crippen LogP contribution in [0.2, 0.25) is 18.1 Å². The molecule has 0 aromatic heterocycles. The second-order valence-electron chi connectivity index (χ2n) is 6.90. The van der Waals surface area contributed by atoms with Crippen molar-refractivity contribution in [1.29, 1.82) is 0 Å². The van der Waals surface area contributed by atoms with Crippen molar-refractivity contribution in [1.82, 2.24) is 0 Å². The van der Waals surface area contributed by atoms with Crippen molar-refractivity contribution in [2.75, 3.05) is 6.61 Å². The first kappa shape index (κ1) is 18.1. The van der Waals surface area contributed by atoms with Gasteiger partial charge in [0.1, 0.15) is 0 Å². The molecule has 0 aliphatic rings. The summed E-state index contributed by atoms with van der Waals surface area (Å²) in [6.45, 7) is 14.2. The third kappa shape index (κ3) is 7.55. The van der Waals surface area contributed by atoms with Gasteiger partial charge in [-0.2, -0.15) is 0 Å². The highest BCUT2D eigenvalue weighted by molar-refractivity contribution is 6.74. The lowest BCUT2D eigenvalue weighted by atomic mass is 10.1. The van der Waals surface area contributed by atoms with Crippen LogP contribution in [0.4, 0.5) is 0 Å². The minimum absolute atomic E-state index is 0.174. The van der Waals surface area contributed by atoms with Crippen LogP contribution in [0.15, 0.2) is 0 Å². The largest absolute Gasteiger partial charge is 0.417 e. The molecule has 3 heteroatoms. The number of aliphatic hydroxyl groups is 1. The van der Waals surface area contributed by atoms with Crippen LogP contribution in [0.3, 0.4) is 0 Å². The second kappa shape index (κ2) is 8.34. The third-order valence-electron chi connectivity index (χ3n) is 4.11. The molecular weight excluding hydrogens is 240 g/mol. The van der Waals surface area contributed by atoms with Gasteiger partial charge >= 0.3 is 0 Å². The minimum atomic E-state index is -1.63. The van der Waals surface area contributed by atoms with Gasteiger partial charge in [-0.15, -0.1) is 0 Å². The van der Waals surface area contributed by atoms with Crippen molar-refractivity contribution in [3.05, 3.63) is 0 Å². The molecule has 0 spiro atoms. The molecule has 0 saturated heterocycles. The molecule has 1 N–H and O–H groups in total. The third-order valence-corrected chi connectivity index (χ3v) is 8.65. The minimum Gasteiger partial charge on any atom is -0.417 e. The van der Waals surface area contributed by atoms with Crippen molar-refractivity contribution >= 4 is 8.32 Å². The molecule has 0 bridgehead atoms. The van der Waals surface area contributed by atoms with Crippen LogP contribution in [-0.2, 0) is 4.43 Å². The number of unbranched alkanes of at least 4 members (excludes halogenated alkanes) is 3. The van der Waals surface area contributed by atoms with Gasteiger partial charge in [0.05, 0.1) is 6.10 Å². The zero-order valence-corrected chi connectivity index (χ0v) is 14.4. The molecule has 18 heavy (non-hydrogen) atoms. The van der Waals surface area contributed by atoms with E-state index in [1.807, 2.05) is 0 Å². The Morgan fingerprint density at radius 2 is 1.67 bits per heavy atom. The average Bonchev–Trinajstić information content (AvgIpc) is 2.22. The summed E-state index contributed by atoms with van der Waals surface area (Å²) < 4.78 is 6.07. The van der Waals surface area contributed by atoms with Gasteiger partial charge in [-0.3, -0.25) is 0 Å². The summed E-state index contributed by atoms with van der Waals surface area (Å²) in [5.41, 5.74) is 0. The molecule has 1 atom stereocenters. The summed E-state index contributed by atoms with van der Waals surface area (Å²) in [4.78, 5) is 0. The Labute approximate surface area is 115 Å². The van der Waals surface area contributed by atoms with Gasteiger partial charge in [-0.05, 0) is 31.0 Å². The van der Waals surface area contributed by atoms with Crippen LogP contribution in [0, 0.1) is 0 Å². The van der Waals surface area contributed by atoms with Gasteiger partial charge in [0.15, 0.2) is 8.32 Å². The van der Waals surface area contributed by atoms with Crippen molar-refractivity contribution in [2.45, 2.75) is 90.5 Å². The molecule has 110 valence electrons. The van der Waals surface area contributed by atoms with Gasteiger partial charge in [-0.25, -0.2) is 0 Å². The van der Waals surface area contributed by atoms with E-state index >= 15 is 0 Å². The predicted octanol–water partition coefficient (Wildman–Crippen LogP) is 4.73. The van der Waals surface area contributed by atoms with Crippen molar-refractivity contribution in [3.8, 4) is 0 Å². The Bertz CT molecular complexity index is 209. The highest BCUT2D eigenvalue weighted by Gasteiger charge is 2.36. The highest BCUT2D eigenvalue weighted by atomic mass is 28.4. The Morgan fingerprint density at radius 1 is 1.06 bits per heavy atom. The number of aliphatic hydroxyl groups excluding tert-OH is 1. The van der Waals surface area contributed by atoms with E-state index in [4.69, 9.17) is 4.43 Å². The first-order valence-electron chi connectivity index (χ1n) is 7.52. The summed E-state index contributed by atoms with van der Waals surface area (Å²) in [6, 6.07) is 0. The fourth-order valence-corrected chi connectivity index (χ4v) is 2.68. The lowest BCUT2D eigenvalue weighted by Gasteiger charge is -2.36. The predicted molar refractivity (Wildman–Crippen MR) is 82.5 cm³/mol. The van der Waals surface area contributed by atoms with Crippen LogP contribution >= 0.6 is 0 Å². The zero-order valence-electron chi connectivity index (χ0n) is 13.4. The van der Waals surface area contributed by atoms with Gasteiger partial charge in [0.25, 0.3) is 0 Å². The van der Waals surface area contributed by atoms with E-state index in [9.17, 15) is 5.11 Å². The van der Waals surface area contributed by atoms with Crippen molar-refractivity contribution in [2.24, 2.45) is 0 Å². The maximum absolute atomic E-state index is 9.88. The summed E-state index contributed by atoms with van der Waals surface area (Å²) in [6.07, 6.45) is 6.48. The van der Waals surface area contributed by atoms with E-state index in [0.29, 0.717) is 6.61 Å². The molecule has 0 radical (unpaired) electrons. The first-order valence-corrected chi connectivity index (χ1v) is 10.4. The van der Waals surface area contributed by atoms with Crippen LogP contribution in [0.5, 0.6) is 0 Å². The fraction of sp³-hybridized carbons (Fsp3) is 1.00. The smallest absolute Gasteiger partial charge is 0.191 e. The van der Waals surface area contributed by atoms with E-state index in [0.717, 1.165) is 19.3 Å². The summed E-state index contributed by atoms with van der Waals surface area (Å²) in [7, 11) is -1.63. The Morgan fingerprint density at radius 3 is 2.17 bits per heavy atom. The SMILES string of the molecule is CCCCCC[C@@H](O)CCO[Si](C)(C)C(C)(C)C. The standard InChI is InChI=1S/C15H34O2Si/c1-7-8-9-10-11-14(16)12-13-17-18(5,6)15(2,3)4/h14,16H,7-13H2,1-6H3/t14-/m1/s1. The topological polar surface area (TPSA) is 29.5 Å². The van der Waals surface area contributed by atoms with Crippen LogP contribution in [0.1, 0.15) is 66.2 Å². The molecule has 2 nitrogen and oxygen atoms in total. The molecule has 0 aromatic carbocycles. The van der Waals surface area contributed by atoms with E-state index in [1.165, 1.54) is 19.3 Å². The molecule has 0 saturated carbocycles. The van der Waals surface area contributed by atoms with Gasteiger partial charge in [-0.1, -0.05) is 53.4 Å². The maximum Gasteiger partial charge on any atom is 0.191 e. The summed E-state index contributed by atoms with van der Waals surface area (Å²) >= 11 is 0. The molecule has 0 unspecified atom stereocenters. The Kier molecular flexibility index (Phi) is 8.40. The molecule has 0 aromatic rings. The molecule has 0 fully saturated rings. The van der Waals surface area contributed by atoms with Crippen LogP contribution in [0.25, 0.3) is 0 Å². The maximum atomic E-state index is 9.88. The van der Waals surface area contributed by atoms with Crippen LogP contribution < -0.4 is 0 Å². The summed E-state index contributed by atoms with van der Waals surface area (Å²) in [5, 5.41) is 10.1. The van der Waals surface area contributed by atoms with Crippen molar-refractivity contribution < 1.29 is 9.53 Å². The van der Waals surface area contributed by atoms with Crippen LogP contribution in [-0.4, -0.2) is 26.1 Å². The normalized spacial score (nSPS) is 14.8. The van der Waals surface area contributed by atoms with Gasteiger partial charge in [0.2, 0.25) is 0 Å². The van der Waals surface area contributed by atoms with E-state index in [2.05, 4.69) is 40.8 Å². The number of hydrogen-bond acceptors (Lipinski definition) is 2. The number of hydrogen-bond donors (Lipinski definition) is 1. The second-order valence-corrected chi connectivity index (χ2v) is 11.7. The number of rotatable bonds is 9. The lowest BCUT2D eigenvalue weighted by molar-refractivity contribution is 0.124. The first-order chi connectivity index (χ1) is 8.20. The van der Waals surface area contributed by atoms with Gasteiger partial charge in [0, 0.05) is 6.61 Å². The Balaban J connectivity index is 3.71. The average molecular weight is 275 g/mol. The van der Waals surface area contributed by atoms with E-state index < -0.39 is 8.32 Å². The lowest BCUT2D eigenvalue weighted by Crippen LogP contribution is -2.41. The van der Waals surface area contributed by atoms with Gasteiger partial charge < -0.3 is 9.53 Å². The molecule has 0 amide bonds. The van der Waals surface area contributed by atoms with E-state index in [1.54, 1.807) is 0 Å². The van der Waals surface area contributed by atoms with Crippen molar-refractivity contribution in [3.63, 3.8) is 0 Å². The fourth-order valence-electron chi connectivity index (χ4n) is 1.62. The molecular formula is C15H34O2Si. The molecule has 0 aliphatic carbocycles. The molecule has 0 heterocycles. The van der Waals surface area contributed by atoms with E-state index in [-0.39, 0.29) is 11.1 Å². The monoisotopic (exact) mass is 274 g/mol.